The summed E-state index contributed by atoms with van der Waals surface area (Å²) >= 11 is 0. The first-order chi connectivity index (χ1) is 9.67. The number of hydrogen-bond donors (Lipinski definition) is 1. The van der Waals surface area contributed by atoms with Crippen molar-refractivity contribution >= 4 is 5.91 Å². The number of carbonyl (C=O) groups is 1. The van der Waals surface area contributed by atoms with E-state index < -0.39 is 0 Å². The summed E-state index contributed by atoms with van der Waals surface area (Å²) in [6, 6.07) is 0. The van der Waals surface area contributed by atoms with Gasteiger partial charge in [0.25, 0.3) is 0 Å². The van der Waals surface area contributed by atoms with Crippen LogP contribution in [0.1, 0.15) is 34.1 Å². The minimum atomic E-state index is 0.154. The van der Waals surface area contributed by atoms with Gasteiger partial charge in [0.15, 0.2) is 0 Å². The fraction of sp³-hybridized carbons (Fsp3) is 0.933. The average molecular weight is 287 g/mol. The Hall–Kier alpha value is -0.650. The molecule has 0 aliphatic carbocycles. The molecule has 5 nitrogen and oxygen atoms in total. The second kappa shape index (κ2) is 12.1. The van der Waals surface area contributed by atoms with Crippen molar-refractivity contribution in [3.63, 3.8) is 0 Å². The topological polar surface area (TPSA) is 44.8 Å². The van der Waals surface area contributed by atoms with E-state index in [4.69, 9.17) is 4.74 Å². The summed E-state index contributed by atoms with van der Waals surface area (Å²) < 4.78 is 5.72. The zero-order chi connectivity index (χ0) is 15.4. The van der Waals surface area contributed by atoms with Gasteiger partial charge in [-0.15, -0.1) is 0 Å². The van der Waals surface area contributed by atoms with Crippen molar-refractivity contribution in [2.24, 2.45) is 0 Å². The van der Waals surface area contributed by atoms with Gasteiger partial charge in [-0.3, -0.25) is 9.69 Å². The van der Waals surface area contributed by atoms with Gasteiger partial charge in [0.05, 0.1) is 12.7 Å². The summed E-state index contributed by atoms with van der Waals surface area (Å²) in [7, 11) is 1.85. The van der Waals surface area contributed by atoms with Gasteiger partial charge in [-0.2, -0.15) is 0 Å². The van der Waals surface area contributed by atoms with Gasteiger partial charge in [0.1, 0.15) is 0 Å². The summed E-state index contributed by atoms with van der Waals surface area (Å²) in [5.41, 5.74) is 0. The Kier molecular flexibility index (Phi) is 11.7. The summed E-state index contributed by atoms with van der Waals surface area (Å²) in [4.78, 5) is 15.7. The molecule has 20 heavy (non-hydrogen) atoms. The van der Waals surface area contributed by atoms with Crippen LogP contribution in [0.2, 0.25) is 0 Å². The van der Waals surface area contributed by atoms with Gasteiger partial charge < -0.3 is 15.0 Å². The molecule has 0 saturated carbocycles. The lowest BCUT2D eigenvalue weighted by atomic mass is 10.2. The Morgan fingerprint density at radius 1 is 1.40 bits per heavy atom. The molecule has 1 amide bonds. The standard InChI is InChI=1S/C13H27N3O2.C2H6/c1-4-13(17)15(3)10-12-11-16(8-9-18-12)7-6-14-5-2;1-2/h12,14H,4-11H2,1-3H3;1-2H3. The highest BCUT2D eigenvalue weighted by atomic mass is 16.5. The van der Waals surface area contributed by atoms with E-state index >= 15 is 0 Å². The third-order valence-electron chi connectivity index (χ3n) is 3.28. The van der Waals surface area contributed by atoms with Crippen molar-refractivity contribution < 1.29 is 9.53 Å². The average Bonchev–Trinajstić information content (AvgIpc) is 2.49. The first kappa shape index (κ1) is 19.4. The Balaban J connectivity index is 0.00000172. The molecule has 1 atom stereocenters. The summed E-state index contributed by atoms with van der Waals surface area (Å²) in [6.45, 7) is 14.5. The molecule has 0 bridgehead atoms. The van der Waals surface area contributed by atoms with Crippen LogP contribution in [-0.4, -0.2) is 74.7 Å². The minimum Gasteiger partial charge on any atom is -0.374 e. The van der Waals surface area contributed by atoms with Crippen LogP contribution in [0.15, 0.2) is 0 Å². The van der Waals surface area contributed by atoms with Crippen LogP contribution in [0.25, 0.3) is 0 Å². The Labute approximate surface area is 124 Å². The SMILES string of the molecule is CC.CCNCCN1CCOC(CN(C)C(=O)CC)C1. The maximum atomic E-state index is 11.5. The number of morpholine rings is 1. The fourth-order valence-corrected chi connectivity index (χ4v) is 2.19. The molecular weight excluding hydrogens is 254 g/mol. The highest BCUT2D eigenvalue weighted by Crippen LogP contribution is 2.06. The third kappa shape index (κ3) is 7.82. The molecule has 1 N–H and O–H groups in total. The van der Waals surface area contributed by atoms with E-state index in [1.165, 1.54) is 0 Å². The third-order valence-corrected chi connectivity index (χ3v) is 3.28. The maximum Gasteiger partial charge on any atom is 0.222 e. The fourth-order valence-electron chi connectivity index (χ4n) is 2.19. The number of rotatable bonds is 7. The smallest absolute Gasteiger partial charge is 0.222 e. The molecule has 0 aromatic heterocycles. The van der Waals surface area contributed by atoms with Crippen LogP contribution < -0.4 is 5.32 Å². The predicted octanol–water partition coefficient (Wildman–Crippen LogP) is 1.19. The van der Waals surface area contributed by atoms with Crippen LogP contribution in [0, 0.1) is 0 Å². The van der Waals surface area contributed by atoms with Gasteiger partial charge in [-0.1, -0.05) is 27.7 Å². The van der Waals surface area contributed by atoms with E-state index in [0.29, 0.717) is 13.0 Å². The molecule has 1 aliphatic rings. The lowest BCUT2D eigenvalue weighted by molar-refractivity contribution is -0.132. The zero-order valence-corrected chi connectivity index (χ0v) is 13.9. The quantitative estimate of drug-likeness (QED) is 0.715. The number of ether oxygens (including phenoxy) is 1. The van der Waals surface area contributed by atoms with E-state index in [1.807, 2.05) is 27.8 Å². The highest BCUT2D eigenvalue weighted by molar-refractivity contribution is 5.75. The van der Waals surface area contributed by atoms with Crippen LogP contribution in [0.3, 0.4) is 0 Å². The van der Waals surface area contributed by atoms with E-state index in [9.17, 15) is 4.79 Å². The highest BCUT2D eigenvalue weighted by Gasteiger charge is 2.22. The largest absolute Gasteiger partial charge is 0.374 e. The normalized spacial score (nSPS) is 19.1. The van der Waals surface area contributed by atoms with Gasteiger partial charge in [-0.25, -0.2) is 0 Å². The molecule has 1 aliphatic heterocycles. The molecular formula is C15H33N3O2. The van der Waals surface area contributed by atoms with Gasteiger partial charge in [-0.05, 0) is 6.54 Å². The van der Waals surface area contributed by atoms with E-state index in [0.717, 1.165) is 39.3 Å². The molecule has 5 heteroatoms. The maximum absolute atomic E-state index is 11.5. The van der Waals surface area contributed by atoms with Crippen LogP contribution in [0.5, 0.6) is 0 Å². The molecule has 1 unspecified atom stereocenters. The number of nitrogens with one attached hydrogen (secondary N) is 1. The number of carbonyl (C=O) groups excluding carboxylic acids is 1. The first-order valence-electron chi connectivity index (χ1n) is 7.96. The monoisotopic (exact) mass is 287 g/mol. The molecule has 0 spiro atoms. The van der Waals surface area contributed by atoms with Crippen molar-refractivity contribution in [1.82, 2.24) is 15.1 Å². The van der Waals surface area contributed by atoms with Gasteiger partial charge in [0.2, 0.25) is 5.91 Å². The predicted molar refractivity (Wildman–Crippen MR) is 84.0 cm³/mol. The number of nitrogens with zero attached hydrogens (tertiary/aromatic N) is 2. The molecule has 0 radical (unpaired) electrons. The number of amides is 1. The summed E-state index contributed by atoms with van der Waals surface area (Å²) in [5.74, 6) is 0.184. The van der Waals surface area contributed by atoms with E-state index in [1.54, 1.807) is 4.90 Å². The van der Waals surface area contributed by atoms with Gasteiger partial charge >= 0.3 is 0 Å². The van der Waals surface area contributed by atoms with E-state index in [2.05, 4.69) is 17.1 Å². The molecule has 1 saturated heterocycles. The van der Waals surface area contributed by atoms with Crippen LogP contribution >= 0.6 is 0 Å². The molecule has 0 aromatic rings. The lowest BCUT2D eigenvalue weighted by Gasteiger charge is -2.34. The van der Waals surface area contributed by atoms with Crippen LogP contribution in [0.4, 0.5) is 0 Å². The number of likely N-dealkylation sites (N-methyl/N-ethyl adjacent to an activating group) is 2. The van der Waals surface area contributed by atoms with Crippen molar-refractivity contribution in [2.45, 2.75) is 40.2 Å². The molecule has 1 fully saturated rings. The molecule has 1 heterocycles. The van der Waals surface area contributed by atoms with Gasteiger partial charge in [0, 0.05) is 46.2 Å². The second-order valence-electron chi connectivity index (χ2n) is 4.77. The zero-order valence-electron chi connectivity index (χ0n) is 13.9. The lowest BCUT2D eigenvalue weighted by Crippen LogP contribution is -2.49. The van der Waals surface area contributed by atoms with Crippen molar-refractivity contribution in [3.05, 3.63) is 0 Å². The summed E-state index contributed by atoms with van der Waals surface area (Å²) in [6.07, 6.45) is 0.716. The van der Waals surface area contributed by atoms with E-state index in [-0.39, 0.29) is 12.0 Å². The van der Waals surface area contributed by atoms with Crippen molar-refractivity contribution in [3.8, 4) is 0 Å². The Morgan fingerprint density at radius 2 is 2.10 bits per heavy atom. The molecule has 1 rings (SSSR count). The van der Waals surface area contributed by atoms with Crippen molar-refractivity contribution in [2.75, 3.05) is 52.9 Å². The number of hydrogen-bond acceptors (Lipinski definition) is 4. The summed E-state index contributed by atoms with van der Waals surface area (Å²) in [5, 5.41) is 3.33. The first-order valence-corrected chi connectivity index (χ1v) is 7.96. The minimum absolute atomic E-state index is 0.154. The Bertz CT molecular complexity index is 249. The molecule has 120 valence electrons. The second-order valence-corrected chi connectivity index (χ2v) is 4.77. The van der Waals surface area contributed by atoms with Crippen molar-refractivity contribution in [1.29, 1.82) is 0 Å². The molecule has 0 aromatic carbocycles. The van der Waals surface area contributed by atoms with Crippen LogP contribution in [-0.2, 0) is 9.53 Å². The Morgan fingerprint density at radius 3 is 2.70 bits per heavy atom.